The van der Waals surface area contributed by atoms with Gasteiger partial charge >= 0.3 is 0 Å². The van der Waals surface area contributed by atoms with E-state index in [0.717, 1.165) is 6.07 Å². The first-order valence-corrected chi connectivity index (χ1v) is 10.1. The van der Waals surface area contributed by atoms with Crippen molar-refractivity contribution in [2.75, 3.05) is 0 Å². The number of hydrogen-bond acceptors (Lipinski definition) is 5. The third-order valence-corrected chi connectivity index (χ3v) is 8.40. The van der Waals surface area contributed by atoms with E-state index < -0.39 is 22.6 Å². The topological polar surface area (TPSA) is 110 Å². The van der Waals surface area contributed by atoms with Gasteiger partial charge in [-0.05, 0) is 69.8 Å². The zero-order valence-electron chi connectivity index (χ0n) is 12.8. The van der Waals surface area contributed by atoms with E-state index in [9.17, 15) is 24.5 Å². The largest absolute Gasteiger partial charge is 0.281 e. The van der Waals surface area contributed by atoms with Crippen LogP contribution in [0, 0.1) is 10.1 Å². The highest BCUT2D eigenvalue weighted by molar-refractivity contribution is 9.15. The van der Waals surface area contributed by atoms with Crippen molar-refractivity contribution in [2.24, 2.45) is 0 Å². The average Bonchev–Trinajstić information content (AvgIpc) is 2.89. The van der Waals surface area contributed by atoms with Crippen LogP contribution in [0.4, 0.5) is 5.69 Å². The Kier molecular flexibility index (Phi) is 5.52. The molecule has 0 fully saturated rings. The van der Waals surface area contributed by atoms with Gasteiger partial charge in [-0.1, -0.05) is 6.07 Å². The molecule has 0 unspecified atom stereocenters. The van der Waals surface area contributed by atoms with Crippen molar-refractivity contribution in [3.8, 4) is 0 Å². The number of benzene rings is 2. The summed E-state index contributed by atoms with van der Waals surface area (Å²) in [6, 6.07) is 4.94. The molecule has 2 aromatic carbocycles. The molecule has 1 N–H and O–H groups in total. The molecular formula is C15H5Br4N3O5. The molecule has 0 atom stereocenters. The van der Waals surface area contributed by atoms with E-state index >= 15 is 0 Å². The minimum absolute atomic E-state index is 0.0683. The van der Waals surface area contributed by atoms with Crippen LogP contribution in [0.15, 0.2) is 42.2 Å². The quantitative estimate of drug-likeness (QED) is 0.176. The van der Waals surface area contributed by atoms with Gasteiger partial charge < -0.3 is 0 Å². The third-order valence-electron chi connectivity index (χ3n) is 3.63. The molecular weight excluding hydrogens is 622 g/mol. The molecule has 1 heterocycles. The van der Waals surface area contributed by atoms with E-state index in [4.69, 9.17) is 0 Å². The number of hydrazine groups is 1. The molecule has 3 amide bonds. The molecule has 0 saturated carbocycles. The lowest BCUT2D eigenvalue weighted by Crippen LogP contribution is -2.45. The summed E-state index contributed by atoms with van der Waals surface area (Å²) in [5.74, 6) is -2.32. The Labute approximate surface area is 184 Å². The maximum atomic E-state index is 12.7. The highest BCUT2D eigenvalue weighted by Crippen LogP contribution is 2.44. The fourth-order valence-electron chi connectivity index (χ4n) is 2.38. The van der Waals surface area contributed by atoms with Crippen LogP contribution in [-0.2, 0) is 0 Å². The predicted octanol–water partition coefficient (Wildman–Crippen LogP) is 4.59. The zero-order valence-corrected chi connectivity index (χ0v) is 19.1. The second-order valence-electron chi connectivity index (χ2n) is 5.20. The molecule has 1 aliphatic rings. The predicted molar refractivity (Wildman–Crippen MR) is 108 cm³/mol. The summed E-state index contributed by atoms with van der Waals surface area (Å²) in [6.45, 7) is 0. The highest BCUT2D eigenvalue weighted by atomic mass is 79.9. The van der Waals surface area contributed by atoms with E-state index in [1.807, 2.05) is 0 Å². The highest BCUT2D eigenvalue weighted by Gasteiger charge is 2.42. The monoisotopic (exact) mass is 623 g/mol. The third kappa shape index (κ3) is 3.35. The molecule has 3 rings (SSSR count). The van der Waals surface area contributed by atoms with Crippen LogP contribution in [0.3, 0.4) is 0 Å². The van der Waals surface area contributed by atoms with E-state index in [1.165, 1.54) is 18.2 Å². The first kappa shape index (κ1) is 20.1. The number of carbonyl (C=O) groups is 3. The zero-order chi connectivity index (χ0) is 20.0. The van der Waals surface area contributed by atoms with E-state index in [1.54, 1.807) is 0 Å². The molecule has 0 aromatic heterocycles. The Bertz CT molecular complexity index is 1010. The molecule has 0 bridgehead atoms. The Morgan fingerprint density at radius 2 is 1.48 bits per heavy atom. The number of nitrogens with one attached hydrogen (secondary N) is 1. The maximum absolute atomic E-state index is 12.7. The fourth-order valence-corrected chi connectivity index (χ4v) is 4.83. The molecule has 0 radical (unpaired) electrons. The lowest BCUT2D eigenvalue weighted by atomic mass is 10.1. The number of non-ortho nitro benzene ring substituents is 1. The number of rotatable bonds is 3. The van der Waals surface area contributed by atoms with Crippen molar-refractivity contribution in [3.05, 3.63) is 69.0 Å². The van der Waals surface area contributed by atoms with Gasteiger partial charge in [-0.2, -0.15) is 5.01 Å². The molecule has 8 nitrogen and oxygen atoms in total. The number of amides is 3. The van der Waals surface area contributed by atoms with Crippen molar-refractivity contribution in [1.29, 1.82) is 0 Å². The van der Waals surface area contributed by atoms with Gasteiger partial charge in [-0.3, -0.25) is 29.9 Å². The van der Waals surface area contributed by atoms with E-state index in [2.05, 4.69) is 69.1 Å². The van der Waals surface area contributed by atoms with E-state index in [-0.39, 0.29) is 22.4 Å². The number of nitro benzene ring substituents is 1. The summed E-state index contributed by atoms with van der Waals surface area (Å²) in [5.41, 5.74) is 1.99. The minimum atomic E-state index is -0.835. The summed E-state index contributed by atoms with van der Waals surface area (Å²) in [5, 5.41) is 11.4. The van der Waals surface area contributed by atoms with Crippen molar-refractivity contribution < 1.29 is 19.3 Å². The summed E-state index contributed by atoms with van der Waals surface area (Å²) in [7, 11) is 0. The van der Waals surface area contributed by atoms with Gasteiger partial charge in [0.1, 0.15) is 0 Å². The van der Waals surface area contributed by atoms with Crippen molar-refractivity contribution in [1.82, 2.24) is 10.4 Å². The lowest BCUT2D eigenvalue weighted by Gasteiger charge is -2.15. The lowest BCUT2D eigenvalue weighted by molar-refractivity contribution is -0.384. The van der Waals surface area contributed by atoms with Crippen LogP contribution in [0.2, 0.25) is 0 Å². The van der Waals surface area contributed by atoms with Crippen LogP contribution in [0.1, 0.15) is 31.1 Å². The fraction of sp³-hybridized carbons (Fsp3) is 0. The molecule has 138 valence electrons. The second kappa shape index (κ2) is 7.41. The standard InChI is InChI=1S/C15H5Br4N3O5/c16-9-7-8(10(17)12(19)11(9)18)15(25)21(14(7)24)20-13(23)5-2-1-3-6(4-5)22(26)27/h1-4H,(H,20,23). The Morgan fingerprint density at radius 3 is 1.96 bits per heavy atom. The molecule has 0 saturated heterocycles. The van der Waals surface area contributed by atoms with Gasteiger partial charge in [0, 0.05) is 35.6 Å². The Hall–Kier alpha value is -1.63. The normalized spacial score (nSPS) is 13.0. The van der Waals surface area contributed by atoms with Crippen molar-refractivity contribution in [2.45, 2.75) is 0 Å². The minimum Gasteiger partial charge on any atom is -0.267 e. The molecule has 0 aliphatic carbocycles. The Balaban J connectivity index is 1.97. The summed E-state index contributed by atoms with van der Waals surface area (Å²) in [6.07, 6.45) is 0. The molecule has 2 aromatic rings. The number of nitrogens with zero attached hydrogens (tertiary/aromatic N) is 2. The number of nitro groups is 1. The molecule has 1 aliphatic heterocycles. The number of halogens is 4. The SMILES string of the molecule is O=C(NN1C(=O)c2c(Br)c(Br)c(Br)c(Br)c2C1=O)c1cccc([N+](=O)[O-])c1. The first-order valence-electron chi connectivity index (χ1n) is 6.95. The van der Waals surface area contributed by atoms with Crippen LogP contribution in [0.5, 0.6) is 0 Å². The number of imide groups is 1. The van der Waals surface area contributed by atoms with Crippen LogP contribution in [0.25, 0.3) is 0 Å². The van der Waals surface area contributed by atoms with Gasteiger partial charge in [-0.25, -0.2) is 0 Å². The van der Waals surface area contributed by atoms with Crippen LogP contribution in [-0.4, -0.2) is 27.7 Å². The van der Waals surface area contributed by atoms with Crippen LogP contribution < -0.4 is 5.43 Å². The van der Waals surface area contributed by atoms with Gasteiger partial charge in [0.15, 0.2) is 0 Å². The summed E-state index contributed by atoms with van der Waals surface area (Å²) < 4.78 is 1.72. The van der Waals surface area contributed by atoms with E-state index in [0.29, 0.717) is 22.9 Å². The molecule has 27 heavy (non-hydrogen) atoms. The number of fused-ring (bicyclic) bond motifs is 1. The molecule has 0 spiro atoms. The van der Waals surface area contributed by atoms with Gasteiger partial charge in [0.25, 0.3) is 23.4 Å². The first-order chi connectivity index (χ1) is 12.6. The van der Waals surface area contributed by atoms with Crippen molar-refractivity contribution in [3.63, 3.8) is 0 Å². The summed E-state index contributed by atoms with van der Waals surface area (Å²) >= 11 is 13.1. The van der Waals surface area contributed by atoms with Gasteiger partial charge in [0.2, 0.25) is 0 Å². The van der Waals surface area contributed by atoms with Gasteiger partial charge in [0.05, 0.1) is 16.1 Å². The maximum Gasteiger partial charge on any atom is 0.281 e. The molecule has 12 heteroatoms. The van der Waals surface area contributed by atoms with Gasteiger partial charge in [-0.15, -0.1) is 0 Å². The van der Waals surface area contributed by atoms with Crippen molar-refractivity contribution >= 4 is 87.1 Å². The summed E-state index contributed by atoms with van der Waals surface area (Å²) in [4.78, 5) is 48.0. The average molecular weight is 627 g/mol. The number of carbonyl (C=O) groups excluding carboxylic acids is 3. The Morgan fingerprint density at radius 1 is 0.963 bits per heavy atom. The number of hydrogen-bond donors (Lipinski definition) is 1. The second-order valence-corrected chi connectivity index (χ2v) is 8.37. The smallest absolute Gasteiger partial charge is 0.267 e. The van der Waals surface area contributed by atoms with Crippen LogP contribution >= 0.6 is 63.7 Å².